The van der Waals surface area contributed by atoms with E-state index in [0.717, 1.165) is 11.3 Å². The molecule has 2 heterocycles. The average molecular weight is 315 g/mol. The van der Waals surface area contributed by atoms with Crippen LogP contribution in [0.2, 0.25) is 5.02 Å². The smallest absolute Gasteiger partial charge is 0.231 e. The summed E-state index contributed by atoms with van der Waals surface area (Å²) in [6, 6.07) is 4.69. The van der Waals surface area contributed by atoms with Crippen LogP contribution < -0.4 is 15.2 Å². The van der Waals surface area contributed by atoms with E-state index in [2.05, 4.69) is 11.9 Å². The van der Waals surface area contributed by atoms with E-state index in [9.17, 15) is 0 Å². The van der Waals surface area contributed by atoms with Gasteiger partial charge in [-0.1, -0.05) is 11.6 Å². The van der Waals surface area contributed by atoms with Crippen molar-refractivity contribution in [1.82, 2.24) is 4.90 Å². The second kappa shape index (κ2) is 6.02. The third-order valence-corrected chi connectivity index (χ3v) is 5.46. The van der Waals surface area contributed by atoms with Crippen molar-refractivity contribution in [2.24, 2.45) is 5.73 Å². The first kappa shape index (κ1) is 14.3. The van der Waals surface area contributed by atoms with Crippen molar-refractivity contribution < 1.29 is 9.47 Å². The van der Waals surface area contributed by atoms with Crippen LogP contribution in [0, 0.1) is 0 Å². The predicted molar refractivity (Wildman–Crippen MR) is 82.9 cm³/mol. The number of nitrogens with zero attached hydrogens (tertiary/aromatic N) is 1. The van der Waals surface area contributed by atoms with E-state index in [0.29, 0.717) is 23.4 Å². The van der Waals surface area contributed by atoms with Gasteiger partial charge in [-0.25, -0.2) is 0 Å². The van der Waals surface area contributed by atoms with Crippen LogP contribution in [0.4, 0.5) is 0 Å². The summed E-state index contributed by atoms with van der Waals surface area (Å²) in [6.45, 7) is 0.800. The van der Waals surface area contributed by atoms with Gasteiger partial charge < -0.3 is 15.2 Å². The van der Waals surface area contributed by atoms with Crippen molar-refractivity contribution in [3.8, 4) is 11.5 Å². The fraction of sp³-hybridized carbons (Fsp3) is 0.571. The lowest BCUT2D eigenvalue weighted by Crippen LogP contribution is -2.38. The number of likely N-dealkylation sites (N-methyl/N-ethyl adjacent to an activating group) is 1. The molecule has 2 unspecified atom stereocenters. The molecule has 110 valence electrons. The summed E-state index contributed by atoms with van der Waals surface area (Å²) in [7, 11) is 2.15. The summed E-state index contributed by atoms with van der Waals surface area (Å²) in [5.74, 6) is 3.77. The highest BCUT2D eigenvalue weighted by Crippen LogP contribution is 2.42. The summed E-state index contributed by atoms with van der Waals surface area (Å²) in [5.41, 5.74) is 7.10. The molecule has 1 saturated heterocycles. The Morgan fingerprint density at radius 3 is 3.05 bits per heavy atom. The molecular formula is C14H19ClN2O2S. The Morgan fingerprint density at radius 1 is 1.50 bits per heavy atom. The van der Waals surface area contributed by atoms with Crippen molar-refractivity contribution in [3.05, 3.63) is 22.7 Å². The number of halogens is 1. The van der Waals surface area contributed by atoms with Gasteiger partial charge in [-0.2, -0.15) is 11.8 Å². The number of nitrogens with two attached hydrogens (primary N) is 1. The summed E-state index contributed by atoms with van der Waals surface area (Å²) in [5, 5.41) is 0.600. The highest BCUT2D eigenvalue weighted by atomic mass is 35.5. The molecule has 0 radical (unpaired) electrons. The highest BCUT2D eigenvalue weighted by Gasteiger charge is 2.28. The van der Waals surface area contributed by atoms with Gasteiger partial charge in [0.15, 0.2) is 11.5 Å². The molecule has 0 aliphatic carbocycles. The van der Waals surface area contributed by atoms with Crippen LogP contribution in [0.15, 0.2) is 12.1 Å². The van der Waals surface area contributed by atoms with Gasteiger partial charge in [0.1, 0.15) is 0 Å². The van der Waals surface area contributed by atoms with Crippen molar-refractivity contribution in [2.45, 2.75) is 18.5 Å². The Morgan fingerprint density at radius 2 is 2.35 bits per heavy atom. The third kappa shape index (κ3) is 2.60. The van der Waals surface area contributed by atoms with Crippen LogP contribution in [-0.2, 0) is 0 Å². The Balaban J connectivity index is 1.87. The molecule has 1 aromatic rings. The third-order valence-electron chi connectivity index (χ3n) is 4.03. The van der Waals surface area contributed by atoms with Crippen LogP contribution in [0.25, 0.3) is 0 Å². The molecule has 2 aliphatic heterocycles. The molecule has 0 bridgehead atoms. The first-order valence-electron chi connectivity index (χ1n) is 6.79. The second-order valence-corrected chi connectivity index (χ2v) is 6.73. The SMILES string of the molecule is CN(C1CCSC1)C(CN)c1cc(Cl)c2c(c1)OCO2. The van der Waals surface area contributed by atoms with Crippen LogP contribution in [-0.4, -0.2) is 42.8 Å². The quantitative estimate of drug-likeness (QED) is 0.925. The molecule has 0 aromatic heterocycles. The number of ether oxygens (including phenoxy) is 2. The van der Waals surface area contributed by atoms with Crippen LogP contribution in [0.1, 0.15) is 18.0 Å². The van der Waals surface area contributed by atoms with E-state index in [4.69, 9.17) is 26.8 Å². The van der Waals surface area contributed by atoms with E-state index in [-0.39, 0.29) is 12.8 Å². The van der Waals surface area contributed by atoms with E-state index in [1.165, 1.54) is 17.9 Å². The predicted octanol–water partition coefficient (Wildman–Crippen LogP) is 2.51. The van der Waals surface area contributed by atoms with Crippen molar-refractivity contribution in [2.75, 3.05) is 31.9 Å². The molecule has 0 spiro atoms. The molecule has 1 aromatic carbocycles. The Kier molecular flexibility index (Phi) is 4.31. The van der Waals surface area contributed by atoms with Gasteiger partial charge in [0.2, 0.25) is 6.79 Å². The van der Waals surface area contributed by atoms with E-state index < -0.39 is 0 Å². The van der Waals surface area contributed by atoms with Gasteiger partial charge in [0, 0.05) is 24.4 Å². The van der Waals surface area contributed by atoms with E-state index >= 15 is 0 Å². The Bertz CT molecular complexity index is 494. The van der Waals surface area contributed by atoms with E-state index in [1.807, 2.05) is 23.9 Å². The van der Waals surface area contributed by atoms with Crippen LogP contribution in [0.5, 0.6) is 11.5 Å². The molecule has 2 N–H and O–H groups in total. The lowest BCUT2D eigenvalue weighted by molar-refractivity contribution is 0.173. The maximum atomic E-state index is 6.27. The molecule has 2 aliphatic rings. The lowest BCUT2D eigenvalue weighted by Gasteiger charge is -2.32. The Labute approximate surface area is 128 Å². The van der Waals surface area contributed by atoms with Gasteiger partial charge >= 0.3 is 0 Å². The van der Waals surface area contributed by atoms with Gasteiger partial charge in [0.05, 0.1) is 5.02 Å². The second-order valence-electron chi connectivity index (χ2n) is 5.17. The van der Waals surface area contributed by atoms with Gasteiger partial charge in [0.25, 0.3) is 0 Å². The van der Waals surface area contributed by atoms with Gasteiger partial charge in [-0.05, 0) is 36.9 Å². The maximum Gasteiger partial charge on any atom is 0.231 e. The van der Waals surface area contributed by atoms with Gasteiger partial charge in [-0.3, -0.25) is 4.90 Å². The summed E-state index contributed by atoms with van der Waals surface area (Å²) < 4.78 is 10.8. The number of fused-ring (bicyclic) bond motifs is 1. The zero-order valence-electron chi connectivity index (χ0n) is 11.5. The molecule has 0 saturated carbocycles. The first-order valence-corrected chi connectivity index (χ1v) is 8.32. The highest BCUT2D eigenvalue weighted by molar-refractivity contribution is 7.99. The average Bonchev–Trinajstić information content (AvgIpc) is 3.10. The lowest BCUT2D eigenvalue weighted by atomic mass is 10.0. The fourth-order valence-corrected chi connectivity index (χ4v) is 4.37. The van der Waals surface area contributed by atoms with Crippen LogP contribution in [0.3, 0.4) is 0 Å². The fourth-order valence-electron chi connectivity index (χ4n) is 2.81. The van der Waals surface area contributed by atoms with Crippen molar-refractivity contribution >= 4 is 23.4 Å². The summed E-state index contributed by atoms with van der Waals surface area (Å²) >= 11 is 8.28. The van der Waals surface area contributed by atoms with E-state index in [1.54, 1.807) is 0 Å². The van der Waals surface area contributed by atoms with Crippen molar-refractivity contribution in [3.63, 3.8) is 0 Å². The van der Waals surface area contributed by atoms with Crippen LogP contribution >= 0.6 is 23.4 Å². The van der Waals surface area contributed by atoms with Gasteiger partial charge in [-0.15, -0.1) is 0 Å². The zero-order valence-corrected chi connectivity index (χ0v) is 13.0. The monoisotopic (exact) mass is 314 g/mol. The molecule has 3 rings (SSSR count). The number of benzene rings is 1. The molecule has 1 fully saturated rings. The standard InChI is InChI=1S/C14H19ClN2O2S/c1-17(10-2-3-20-7-10)12(6-16)9-4-11(15)14-13(5-9)18-8-19-14/h4-5,10,12H,2-3,6-8,16H2,1H3. The Hall–Kier alpha value is -0.620. The number of hydrogen-bond acceptors (Lipinski definition) is 5. The molecule has 20 heavy (non-hydrogen) atoms. The minimum Gasteiger partial charge on any atom is -0.454 e. The summed E-state index contributed by atoms with van der Waals surface area (Å²) in [4.78, 5) is 2.37. The number of rotatable bonds is 4. The largest absolute Gasteiger partial charge is 0.454 e. The van der Waals surface area contributed by atoms with Crippen molar-refractivity contribution in [1.29, 1.82) is 0 Å². The molecule has 2 atom stereocenters. The maximum absolute atomic E-state index is 6.27. The minimum absolute atomic E-state index is 0.158. The normalized spacial score (nSPS) is 22.5. The first-order chi connectivity index (χ1) is 9.70. The molecular weight excluding hydrogens is 296 g/mol. The summed E-state index contributed by atoms with van der Waals surface area (Å²) in [6.07, 6.45) is 1.22. The topological polar surface area (TPSA) is 47.7 Å². The number of thioether (sulfide) groups is 1. The zero-order chi connectivity index (χ0) is 14.1. The molecule has 4 nitrogen and oxygen atoms in total. The molecule has 0 amide bonds. The number of hydrogen-bond donors (Lipinski definition) is 1. The minimum atomic E-state index is 0.158. The molecule has 6 heteroatoms.